The van der Waals surface area contributed by atoms with Gasteiger partial charge in [0, 0.05) is 10.9 Å². The van der Waals surface area contributed by atoms with Gasteiger partial charge in [0.25, 0.3) is 0 Å². The van der Waals surface area contributed by atoms with Gasteiger partial charge in [0.1, 0.15) is 10.8 Å². The van der Waals surface area contributed by atoms with Gasteiger partial charge in [-0.05, 0) is 55.7 Å². The van der Waals surface area contributed by atoms with Gasteiger partial charge >= 0.3 is 0 Å². The first kappa shape index (κ1) is 15.5. The van der Waals surface area contributed by atoms with Gasteiger partial charge in [-0.2, -0.15) is 0 Å². The minimum atomic E-state index is 0.373. The number of rotatable bonds is 3. The van der Waals surface area contributed by atoms with Gasteiger partial charge in [0.15, 0.2) is 0 Å². The van der Waals surface area contributed by atoms with Crippen LogP contribution in [-0.4, -0.2) is 10.1 Å². The van der Waals surface area contributed by atoms with Crippen molar-refractivity contribution in [2.24, 2.45) is 0 Å². The standard InChI is InChI=1S/C20H19NOS/c1-13-4-7-17(8-5-13)18-12-23-19(21-18)9-6-16-10-14(2)20(22)15(3)11-16/h4-12,22H,1-3H3/b9-6+. The van der Waals surface area contributed by atoms with E-state index in [2.05, 4.69) is 41.6 Å². The fraction of sp³-hybridized carbons (Fsp3) is 0.150. The van der Waals surface area contributed by atoms with Crippen LogP contribution in [0.4, 0.5) is 0 Å². The molecular weight excluding hydrogens is 302 g/mol. The van der Waals surface area contributed by atoms with Crippen LogP contribution in [0.1, 0.15) is 27.3 Å². The summed E-state index contributed by atoms with van der Waals surface area (Å²) in [6.45, 7) is 5.91. The van der Waals surface area contributed by atoms with Crippen molar-refractivity contribution >= 4 is 23.5 Å². The Labute approximate surface area is 140 Å². The Bertz CT molecular complexity index is 837. The van der Waals surface area contributed by atoms with Crippen LogP contribution in [0.15, 0.2) is 41.8 Å². The minimum Gasteiger partial charge on any atom is -0.507 e. The van der Waals surface area contributed by atoms with Crippen molar-refractivity contribution < 1.29 is 5.11 Å². The topological polar surface area (TPSA) is 33.1 Å². The van der Waals surface area contributed by atoms with Crippen LogP contribution in [0.2, 0.25) is 0 Å². The highest BCUT2D eigenvalue weighted by atomic mass is 32.1. The highest BCUT2D eigenvalue weighted by molar-refractivity contribution is 7.10. The largest absolute Gasteiger partial charge is 0.507 e. The van der Waals surface area contributed by atoms with Gasteiger partial charge in [-0.1, -0.05) is 35.9 Å². The first-order chi connectivity index (χ1) is 11.0. The zero-order valence-electron chi connectivity index (χ0n) is 13.5. The predicted molar refractivity (Wildman–Crippen MR) is 98.8 cm³/mol. The Balaban J connectivity index is 1.82. The van der Waals surface area contributed by atoms with Crippen molar-refractivity contribution in [2.45, 2.75) is 20.8 Å². The van der Waals surface area contributed by atoms with Gasteiger partial charge in [-0.3, -0.25) is 0 Å². The van der Waals surface area contributed by atoms with Crippen molar-refractivity contribution in [3.05, 3.63) is 69.0 Å². The molecule has 116 valence electrons. The molecule has 3 heteroatoms. The molecule has 0 aliphatic carbocycles. The molecule has 1 N–H and O–H groups in total. The molecule has 3 rings (SSSR count). The summed E-state index contributed by atoms with van der Waals surface area (Å²) < 4.78 is 0. The summed E-state index contributed by atoms with van der Waals surface area (Å²) in [5.74, 6) is 0.373. The van der Waals surface area contributed by atoms with Gasteiger partial charge < -0.3 is 5.11 Å². The van der Waals surface area contributed by atoms with Gasteiger partial charge in [-0.15, -0.1) is 11.3 Å². The van der Waals surface area contributed by atoms with E-state index in [-0.39, 0.29) is 0 Å². The molecule has 0 amide bonds. The van der Waals surface area contributed by atoms with E-state index in [1.807, 2.05) is 38.1 Å². The van der Waals surface area contributed by atoms with Crippen molar-refractivity contribution in [1.29, 1.82) is 0 Å². The summed E-state index contributed by atoms with van der Waals surface area (Å²) in [4.78, 5) is 4.67. The van der Waals surface area contributed by atoms with E-state index in [1.54, 1.807) is 11.3 Å². The summed E-state index contributed by atoms with van der Waals surface area (Å²) in [6.07, 6.45) is 4.06. The number of aryl methyl sites for hydroxylation is 3. The average Bonchev–Trinajstić information content (AvgIpc) is 3.00. The average molecular weight is 321 g/mol. The van der Waals surface area contributed by atoms with E-state index < -0.39 is 0 Å². The van der Waals surface area contributed by atoms with Crippen LogP contribution in [0.3, 0.4) is 0 Å². The number of hydrogen-bond donors (Lipinski definition) is 1. The second-order valence-corrected chi connectivity index (χ2v) is 6.66. The van der Waals surface area contributed by atoms with Crippen LogP contribution in [-0.2, 0) is 0 Å². The SMILES string of the molecule is Cc1ccc(-c2csc(/C=C/c3cc(C)c(O)c(C)c3)n2)cc1. The monoisotopic (exact) mass is 321 g/mol. The first-order valence-corrected chi connectivity index (χ1v) is 8.42. The summed E-state index contributed by atoms with van der Waals surface area (Å²) in [6, 6.07) is 12.4. The third-order valence-corrected chi connectivity index (χ3v) is 4.61. The highest BCUT2D eigenvalue weighted by Crippen LogP contribution is 2.26. The smallest absolute Gasteiger partial charge is 0.121 e. The number of aromatic nitrogens is 1. The minimum absolute atomic E-state index is 0.373. The quantitative estimate of drug-likeness (QED) is 0.680. The molecule has 0 spiro atoms. The number of phenolic OH excluding ortho intramolecular Hbond substituents is 1. The van der Waals surface area contributed by atoms with Crippen LogP contribution in [0, 0.1) is 20.8 Å². The van der Waals surface area contributed by atoms with E-state index in [0.29, 0.717) is 5.75 Å². The molecule has 0 saturated heterocycles. The lowest BCUT2D eigenvalue weighted by atomic mass is 10.1. The van der Waals surface area contributed by atoms with E-state index >= 15 is 0 Å². The molecule has 1 aromatic heterocycles. The maximum atomic E-state index is 9.83. The number of thiazole rings is 1. The molecule has 1 heterocycles. The Morgan fingerprint density at radius 1 is 0.957 bits per heavy atom. The van der Waals surface area contributed by atoms with Crippen LogP contribution >= 0.6 is 11.3 Å². The fourth-order valence-corrected chi connectivity index (χ4v) is 3.19. The number of nitrogens with zero attached hydrogens (tertiary/aromatic N) is 1. The Morgan fingerprint density at radius 3 is 2.26 bits per heavy atom. The van der Waals surface area contributed by atoms with Crippen molar-refractivity contribution in [3.8, 4) is 17.0 Å². The molecule has 0 fully saturated rings. The maximum Gasteiger partial charge on any atom is 0.121 e. The molecule has 0 bridgehead atoms. The zero-order valence-corrected chi connectivity index (χ0v) is 14.3. The molecule has 23 heavy (non-hydrogen) atoms. The molecule has 0 atom stereocenters. The molecule has 0 radical (unpaired) electrons. The molecule has 3 aromatic rings. The lowest BCUT2D eigenvalue weighted by Crippen LogP contribution is -1.83. The lowest BCUT2D eigenvalue weighted by molar-refractivity contribution is 0.467. The van der Waals surface area contributed by atoms with E-state index in [4.69, 9.17) is 0 Å². The molecular formula is C20H19NOS. The Hall–Kier alpha value is -2.39. The maximum absolute atomic E-state index is 9.83. The number of aromatic hydroxyl groups is 1. The Kier molecular flexibility index (Phi) is 4.30. The molecule has 0 unspecified atom stereocenters. The zero-order chi connectivity index (χ0) is 16.4. The number of benzene rings is 2. The van der Waals surface area contributed by atoms with Crippen LogP contribution < -0.4 is 0 Å². The lowest BCUT2D eigenvalue weighted by Gasteiger charge is -2.04. The molecule has 2 aromatic carbocycles. The van der Waals surface area contributed by atoms with E-state index in [0.717, 1.165) is 33.0 Å². The molecule has 0 saturated carbocycles. The fourth-order valence-electron chi connectivity index (χ4n) is 2.47. The predicted octanol–water partition coefficient (Wildman–Crippen LogP) is 5.61. The summed E-state index contributed by atoms with van der Waals surface area (Å²) in [5.41, 5.74) is 6.26. The first-order valence-electron chi connectivity index (χ1n) is 7.54. The van der Waals surface area contributed by atoms with E-state index in [1.165, 1.54) is 5.56 Å². The second kappa shape index (κ2) is 6.39. The summed E-state index contributed by atoms with van der Waals surface area (Å²) >= 11 is 1.63. The molecule has 2 nitrogen and oxygen atoms in total. The Morgan fingerprint density at radius 2 is 1.61 bits per heavy atom. The molecule has 0 aliphatic rings. The van der Waals surface area contributed by atoms with Gasteiger partial charge in [0.05, 0.1) is 5.69 Å². The second-order valence-electron chi connectivity index (χ2n) is 5.77. The normalized spacial score (nSPS) is 11.3. The third-order valence-electron chi connectivity index (χ3n) is 3.80. The number of phenols is 1. The molecule has 0 aliphatic heterocycles. The van der Waals surface area contributed by atoms with E-state index in [9.17, 15) is 5.11 Å². The van der Waals surface area contributed by atoms with Crippen molar-refractivity contribution in [2.75, 3.05) is 0 Å². The van der Waals surface area contributed by atoms with Crippen LogP contribution in [0.25, 0.3) is 23.4 Å². The van der Waals surface area contributed by atoms with Crippen molar-refractivity contribution in [3.63, 3.8) is 0 Å². The number of hydrogen-bond acceptors (Lipinski definition) is 3. The summed E-state index contributed by atoms with van der Waals surface area (Å²) in [5, 5.41) is 12.9. The van der Waals surface area contributed by atoms with Crippen molar-refractivity contribution in [1.82, 2.24) is 4.98 Å². The van der Waals surface area contributed by atoms with Crippen LogP contribution in [0.5, 0.6) is 5.75 Å². The highest BCUT2D eigenvalue weighted by Gasteiger charge is 2.04. The van der Waals surface area contributed by atoms with Gasteiger partial charge in [-0.25, -0.2) is 4.98 Å². The van der Waals surface area contributed by atoms with Gasteiger partial charge in [0.2, 0.25) is 0 Å². The third kappa shape index (κ3) is 3.51. The summed E-state index contributed by atoms with van der Waals surface area (Å²) in [7, 11) is 0.